The number of fused-ring (bicyclic) bond motifs is 1. The van der Waals surface area contributed by atoms with Gasteiger partial charge in [0.2, 0.25) is 6.79 Å². The van der Waals surface area contributed by atoms with Crippen molar-refractivity contribution >= 4 is 0 Å². The average molecular weight is 371 g/mol. The fourth-order valence-corrected chi connectivity index (χ4v) is 3.66. The summed E-state index contributed by atoms with van der Waals surface area (Å²) in [6.07, 6.45) is 2.40. The molecule has 1 atom stereocenters. The van der Waals surface area contributed by atoms with Crippen LogP contribution in [-0.4, -0.2) is 43.2 Å². The van der Waals surface area contributed by atoms with Crippen LogP contribution in [0.3, 0.4) is 0 Å². The lowest BCUT2D eigenvalue weighted by Gasteiger charge is -2.26. The van der Waals surface area contributed by atoms with Crippen molar-refractivity contribution in [2.75, 3.05) is 27.1 Å². The summed E-state index contributed by atoms with van der Waals surface area (Å²) in [7, 11) is 1.57. The summed E-state index contributed by atoms with van der Waals surface area (Å²) >= 11 is 0. The van der Waals surface area contributed by atoms with Crippen molar-refractivity contribution < 1.29 is 24.1 Å². The first-order chi connectivity index (χ1) is 13.2. The summed E-state index contributed by atoms with van der Waals surface area (Å²) in [5.74, 6) is 2.26. The second kappa shape index (κ2) is 8.06. The molecule has 1 fully saturated rings. The van der Waals surface area contributed by atoms with Gasteiger partial charge in [-0.25, -0.2) is 0 Å². The lowest BCUT2D eigenvalue weighted by molar-refractivity contribution is 0.0676. The molecule has 0 aliphatic carbocycles. The molecule has 6 nitrogen and oxygen atoms in total. The maximum absolute atomic E-state index is 10.5. The lowest BCUT2D eigenvalue weighted by Crippen LogP contribution is -2.31. The van der Waals surface area contributed by atoms with E-state index < -0.39 is 0 Å². The number of aromatic hydroxyl groups is 1. The third-order valence-electron chi connectivity index (χ3n) is 5.03. The molecule has 0 amide bonds. The van der Waals surface area contributed by atoms with Crippen LogP contribution in [0.25, 0.3) is 0 Å². The summed E-state index contributed by atoms with van der Waals surface area (Å²) < 4.78 is 22.0. The first-order valence-corrected chi connectivity index (χ1v) is 9.30. The van der Waals surface area contributed by atoms with Crippen LogP contribution in [0.1, 0.15) is 24.0 Å². The number of phenolic OH excluding ortho intramolecular Hbond substituents is 1. The molecule has 0 aromatic heterocycles. The van der Waals surface area contributed by atoms with Gasteiger partial charge in [-0.2, -0.15) is 0 Å². The molecule has 0 bridgehead atoms. The Balaban J connectivity index is 1.53. The second-order valence-corrected chi connectivity index (χ2v) is 6.96. The van der Waals surface area contributed by atoms with E-state index in [9.17, 15) is 5.11 Å². The predicted octanol–water partition coefficient (Wildman–Crippen LogP) is 3.31. The van der Waals surface area contributed by atoms with Crippen LogP contribution in [0, 0.1) is 0 Å². The summed E-state index contributed by atoms with van der Waals surface area (Å²) in [4.78, 5) is 2.29. The minimum absolute atomic E-state index is 0.197. The van der Waals surface area contributed by atoms with E-state index in [0.29, 0.717) is 12.3 Å². The van der Waals surface area contributed by atoms with Gasteiger partial charge in [0.05, 0.1) is 13.2 Å². The van der Waals surface area contributed by atoms with Crippen LogP contribution in [0.4, 0.5) is 0 Å². The molecule has 144 valence electrons. The molecule has 2 aromatic carbocycles. The third-order valence-corrected chi connectivity index (χ3v) is 5.03. The molecule has 1 N–H and O–H groups in total. The molecule has 4 rings (SSSR count). The molecule has 2 aromatic rings. The van der Waals surface area contributed by atoms with Gasteiger partial charge in [0.15, 0.2) is 23.0 Å². The van der Waals surface area contributed by atoms with Crippen LogP contribution in [-0.2, 0) is 17.8 Å². The molecule has 2 aliphatic heterocycles. The molecule has 0 radical (unpaired) electrons. The minimum Gasteiger partial charge on any atom is -0.504 e. The van der Waals surface area contributed by atoms with Crippen molar-refractivity contribution in [3.8, 4) is 23.0 Å². The summed E-state index contributed by atoms with van der Waals surface area (Å²) in [6, 6.07) is 11.6. The minimum atomic E-state index is 0.197. The van der Waals surface area contributed by atoms with E-state index >= 15 is 0 Å². The highest BCUT2D eigenvalue weighted by Gasteiger charge is 2.22. The van der Waals surface area contributed by atoms with Crippen LogP contribution in [0.15, 0.2) is 36.4 Å². The van der Waals surface area contributed by atoms with Crippen LogP contribution in [0.2, 0.25) is 0 Å². The van der Waals surface area contributed by atoms with Crippen molar-refractivity contribution in [2.24, 2.45) is 0 Å². The predicted molar refractivity (Wildman–Crippen MR) is 100 cm³/mol. The van der Waals surface area contributed by atoms with Gasteiger partial charge in [0.1, 0.15) is 0 Å². The zero-order valence-corrected chi connectivity index (χ0v) is 15.5. The Morgan fingerprint density at radius 2 is 2.04 bits per heavy atom. The van der Waals surface area contributed by atoms with E-state index in [4.69, 9.17) is 18.9 Å². The molecule has 27 heavy (non-hydrogen) atoms. The topological polar surface area (TPSA) is 60.4 Å². The highest BCUT2D eigenvalue weighted by Crippen LogP contribution is 2.34. The van der Waals surface area contributed by atoms with E-state index in [0.717, 1.165) is 55.2 Å². The smallest absolute Gasteiger partial charge is 0.231 e. The maximum Gasteiger partial charge on any atom is 0.231 e. The molecule has 0 spiro atoms. The number of hydrogen-bond donors (Lipinski definition) is 1. The Morgan fingerprint density at radius 3 is 2.85 bits per heavy atom. The molecular formula is C21H25NO5. The van der Waals surface area contributed by atoms with E-state index in [2.05, 4.69) is 11.0 Å². The molecule has 1 saturated heterocycles. The van der Waals surface area contributed by atoms with E-state index in [1.165, 1.54) is 0 Å². The van der Waals surface area contributed by atoms with Gasteiger partial charge >= 0.3 is 0 Å². The Hall–Kier alpha value is -2.44. The average Bonchev–Trinajstić information content (AvgIpc) is 3.34. The Labute approximate surface area is 159 Å². The quantitative estimate of drug-likeness (QED) is 0.806. The Kier molecular flexibility index (Phi) is 5.36. The Morgan fingerprint density at radius 1 is 1.15 bits per heavy atom. The summed E-state index contributed by atoms with van der Waals surface area (Å²) in [6.45, 7) is 3.25. The van der Waals surface area contributed by atoms with E-state index in [1.807, 2.05) is 24.3 Å². The molecule has 6 heteroatoms. The van der Waals surface area contributed by atoms with Crippen molar-refractivity contribution in [1.29, 1.82) is 0 Å². The zero-order valence-electron chi connectivity index (χ0n) is 15.5. The number of methoxy groups -OCH3 is 1. The highest BCUT2D eigenvalue weighted by molar-refractivity contribution is 5.46. The molecule has 2 heterocycles. The van der Waals surface area contributed by atoms with E-state index in [-0.39, 0.29) is 18.6 Å². The summed E-state index contributed by atoms with van der Waals surface area (Å²) in [5.41, 5.74) is 1.98. The largest absolute Gasteiger partial charge is 0.504 e. The molecular weight excluding hydrogens is 346 g/mol. The lowest BCUT2D eigenvalue weighted by atomic mass is 10.1. The van der Waals surface area contributed by atoms with Crippen LogP contribution < -0.4 is 14.2 Å². The fourth-order valence-electron chi connectivity index (χ4n) is 3.66. The molecule has 0 saturated carbocycles. The number of benzene rings is 2. The Bertz CT molecular complexity index is 788. The van der Waals surface area contributed by atoms with Crippen molar-refractivity contribution in [3.63, 3.8) is 0 Å². The van der Waals surface area contributed by atoms with Gasteiger partial charge in [-0.05, 0) is 36.6 Å². The highest BCUT2D eigenvalue weighted by atomic mass is 16.7. The third kappa shape index (κ3) is 4.12. The van der Waals surface area contributed by atoms with Crippen molar-refractivity contribution in [3.05, 3.63) is 47.5 Å². The van der Waals surface area contributed by atoms with Gasteiger partial charge in [-0.3, -0.25) is 4.90 Å². The number of rotatable bonds is 7. The monoisotopic (exact) mass is 371 g/mol. The van der Waals surface area contributed by atoms with Crippen LogP contribution in [0.5, 0.6) is 23.0 Å². The number of hydrogen-bond acceptors (Lipinski definition) is 6. The van der Waals surface area contributed by atoms with Gasteiger partial charge in [-0.15, -0.1) is 0 Å². The van der Waals surface area contributed by atoms with Gasteiger partial charge in [-0.1, -0.05) is 18.2 Å². The van der Waals surface area contributed by atoms with E-state index in [1.54, 1.807) is 13.2 Å². The van der Waals surface area contributed by atoms with Crippen molar-refractivity contribution in [1.82, 2.24) is 4.90 Å². The molecule has 2 aliphatic rings. The van der Waals surface area contributed by atoms with Gasteiger partial charge < -0.3 is 24.1 Å². The second-order valence-electron chi connectivity index (χ2n) is 6.96. The standard InChI is InChI=1S/C21H25NO5/c1-24-19-6-2-4-16(21(19)23)12-22(13-17-5-3-9-25-17)11-15-7-8-18-20(10-15)27-14-26-18/h2,4,6-8,10,17,23H,3,5,9,11-14H2,1H3. The number of phenols is 1. The zero-order chi connectivity index (χ0) is 18.6. The maximum atomic E-state index is 10.5. The first-order valence-electron chi connectivity index (χ1n) is 9.30. The SMILES string of the molecule is COc1cccc(CN(Cc2ccc3c(c2)OCO3)CC2CCCO2)c1O. The number of nitrogens with zero attached hydrogens (tertiary/aromatic N) is 1. The summed E-state index contributed by atoms with van der Waals surface area (Å²) in [5, 5.41) is 10.5. The number of para-hydroxylation sites is 1. The molecule has 1 unspecified atom stereocenters. The first kappa shape index (κ1) is 17.9. The van der Waals surface area contributed by atoms with Crippen molar-refractivity contribution in [2.45, 2.75) is 32.0 Å². The normalized spacial score (nSPS) is 18.2. The fraction of sp³-hybridized carbons (Fsp3) is 0.429. The number of ether oxygens (including phenoxy) is 4. The van der Waals surface area contributed by atoms with Gasteiger partial charge in [0.25, 0.3) is 0 Å². The van der Waals surface area contributed by atoms with Gasteiger partial charge in [0, 0.05) is 31.8 Å². The van der Waals surface area contributed by atoms with Crippen LogP contribution >= 0.6 is 0 Å².